The number of hydrogen-bond acceptors (Lipinski definition) is 3. The summed E-state index contributed by atoms with van der Waals surface area (Å²) in [6, 6.07) is 14.0. The molecule has 1 aliphatic carbocycles. The van der Waals surface area contributed by atoms with E-state index < -0.39 is 6.04 Å². The van der Waals surface area contributed by atoms with E-state index >= 15 is 0 Å². The summed E-state index contributed by atoms with van der Waals surface area (Å²) in [7, 11) is 0. The molecule has 6 heteroatoms. The second-order valence-corrected chi connectivity index (χ2v) is 9.57. The van der Waals surface area contributed by atoms with Crippen LogP contribution in [0.3, 0.4) is 0 Å². The molecule has 1 N–H and O–H groups in total. The van der Waals surface area contributed by atoms with Gasteiger partial charge >= 0.3 is 0 Å². The highest BCUT2D eigenvalue weighted by Gasteiger charge is 2.28. The van der Waals surface area contributed by atoms with Crippen molar-refractivity contribution < 1.29 is 14.0 Å². The molecule has 0 saturated heterocycles. The topological polar surface area (TPSA) is 49.4 Å². The molecule has 172 valence electrons. The molecule has 4 nitrogen and oxygen atoms in total. The molecule has 0 spiro atoms. The first-order valence-corrected chi connectivity index (χ1v) is 12.6. The van der Waals surface area contributed by atoms with Gasteiger partial charge in [-0.15, -0.1) is 11.8 Å². The lowest BCUT2D eigenvalue weighted by atomic mass is 9.95. The second-order valence-electron chi connectivity index (χ2n) is 8.59. The molecule has 0 aromatic heterocycles. The van der Waals surface area contributed by atoms with Crippen LogP contribution in [0.2, 0.25) is 0 Å². The van der Waals surface area contributed by atoms with Gasteiger partial charge in [0.15, 0.2) is 0 Å². The maximum absolute atomic E-state index is 13.2. The Morgan fingerprint density at radius 3 is 2.47 bits per heavy atom. The molecular weight excluding hydrogens is 423 g/mol. The fraction of sp³-hybridized carbons (Fsp3) is 0.462. The number of amides is 2. The Hall–Kier alpha value is -2.34. The number of benzene rings is 2. The molecule has 0 heterocycles. The minimum Gasteiger partial charge on any atom is -0.352 e. The molecule has 1 fully saturated rings. The standard InChI is InChI=1S/C26H33FN2O2S/c1-19-8-6-7-9-22(19)16-29(20(2)26(31)28-24-10-4-3-5-11-24)25(30)18-32-17-21-12-14-23(27)15-13-21/h6-9,12-15,20,24H,3-5,10-11,16-18H2,1-2H3,(H,28,31)/t20-/m0/s1. The van der Waals surface area contributed by atoms with Crippen molar-refractivity contribution in [2.75, 3.05) is 5.75 Å². The van der Waals surface area contributed by atoms with Gasteiger partial charge in [-0.3, -0.25) is 9.59 Å². The second kappa shape index (κ2) is 12.0. The van der Waals surface area contributed by atoms with Crippen LogP contribution in [0.15, 0.2) is 48.5 Å². The number of carbonyl (C=O) groups excluding carboxylic acids is 2. The number of hydrogen-bond donors (Lipinski definition) is 1. The van der Waals surface area contributed by atoms with Gasteiger partial charge in [-0.1, -0.05) is 55.7 Å². The van der Waals surface area contributed by atoms with Crippen molar-refractivity contribution in [1.82, 2.24) is 10.2 Å². The highest BCUT2D eigenvalue weighted by atomic mass is 32.2. The van der Waals surface area contributed by atoms with E-state index in [1.165, 1.54) is 30.3 Å². The summed E-state index contributed by atoms with van der Waals surface area (Å²) in [4.78, 5) is 27.9. The van der Waals surface area contributed by atoms with E-state index in [0.717, 1.165) is 42.4 Å². The first kappa shape index (κ1) is 24.3. The molecule has 1 saturated carbocycles. The maximum Gasteiger partial charge on any atom is 0.242 e. The van der Waals surface area contributed by atoms with Gasteiger partial charge in [-0.25, -0.2) is 4.39 Å². The summed E-state index contributed by atoms with van der Waals surface area (Å²) in [5, 5.41) is 3.17. The van der Waals surface area contributed by atoms with Crippen molar-refractivity contribution in [2.45, 2.75) is 70.3 Å². The van der Waals surface area contributed by atoms with Gasteiger partial charge in [-0.2, -0.15) is 0 Å². The van der Waals surface area contributed by atoms with Gasteiger partial charge in [0.25, 0.3) is 0 Å². The van der Waals surface area contributed by atoms with Gasteiger partial charge < -0.3 is 10.2 Å². The SMILES string of the molecule is Cc1ccccc1CN(C(=O)CSCc1ccc(F)cc1)[C@@H](C)C(=O)NC1CCCCC1. The average Bonchev–Trinajstić information content (AvgIpc) is 2.80. The predicted octanol–water partition coefficient (Wildman–Crippen LogP) is 5.23. The Morgan fingerprint density at radius 2 is 1.78 bits per heavy atom. The van der Waals surface area contributed by atoms with Gasteiger partial charge in [0, 0.05) is 18.3 Å². The Labute approximate surface area is 195 Å². The van der Waals surface area contributed by atoms with Crippen LogP contribution in [0.4, 0.5) is 4.39 Å². The van der Waals surface area contributed by atoms with Gasteiger partial charge in [0.05, 0.1) is 5.75 Å². The van der Waals surface area contributed by atoms with E-state index in [4.69, 9.17) is 0 Å². The van der Waals surface area contributed by atoms with Crippen LogP contribution in [0.5, 0.6) is 0 Å². The summed E-state index contributed by atoms with van der Waals surface area (Å²) >= 11 is 1.48. The molecular formula is C26H33FN2O2S. The van der Waals surface area contributed by atoms with Gasteiger partial charge in [-0.05, 0) is 55.5 Å². The third kappa shape index (κ3) is 7.09. The molecule has 2 aromatic carbocycles. The van der Waals surface area contributed by atoms with Gasteiger partial charge in [0.1, 0.15) is 11.9 Å². The molecule has 0 aliphatic heterocycles. The largest absolute Gasteiger partial charge is 0.352 e. The highest BCUT2D eigenvalue weighted by Crippen LogP contribution is 2.20. The van der Waals surface area contributed by atoms with Crippen molar-refractivity contribution in [3.63, 3.8) is 0 Å². The number of nitrogens with one attached hydrogen (secondary N) is 1. The van der Waals surface area contributed by atoms with Crippen molar-refractivity contribution in [1.29, 1.82) is 0 Å². The maximum atomic E-state index is 13.2. The molecule has 1 aliphatic rings. The van der Waals surface area contributed by atoms with Crippen LogP contribution in [0.1, 0.15) is 55.7 Å². The number of aryl methyl sites for hydroxylation is 1. The van der Waals surface area contributed by atoms with E-state index in [2.05, 4.69) is 5.32 Å². The van der Waals surface area contributed by atoms with Crippen LogP contribution in [0, 0.1) is 12.7 Å². The van der Waals surface area contributed by atoms with E-state index in [0.29, 0.717) is 12.3 Å². The van der Waals surface area contributed by atoms with Crippen molar-refractivity contribution in [3.8, 4) is 0 Å². The fourth-order valence-corrected chi connectivity index (χ4v) is 4.91. The number of carbonyl (C=O) groups is 2. The molecule has 32 heavy (non-hydrogen) atoms. The number of thioether (sulfide) groups is 1. The smallest absolute Gasteiger partial charge is 0.242 e. The van der Waals surface area contributed by atoms with Crippen LogP contribution >= 0.6 is 11.8 Å². The first-order chi connectivity index (χ1) is 15.4. The Bertz CT molecular complexity index is 897. The summed E-state index contributed by atoms with van der Waals surface area (Å²) in [6.07, 6.45) is 5.54. The predicted molar refractivity (Wildman–Crippen MR) is 129 cm³/mol. The Kier molecular flexibility index (Phi) is 9.15. The number of halogens is 1. The van der Waals surface area contributed by atoms with Crippen LogP contribution in [-0.4, -0.2) is 34.6 Å². The monoisotopic (exact) mass is 456 g/mol. The molecule has 0 bridgehead atoms. The molecule has 2 amide bonds. The van der Waals surface area contributed by atoms with E-state index in [9.17, 15) is 14.0 Å². The third-order valence-corrected chi connectivity index (χ3v) is 7.12. The number of rotatable bonds is 9. The van der Waals surface area contributed by atoms with Gasteiger partial charge in [0.2, 0.25) is 11.8 Å². The zero-order valence-corrected chi connectivity index (χ0v) is 19.8. The minimum absolute atomic E-state index is 0.0633. The van der Waals surface area contributed by atoms with E-state index in [1.807, 2.05) is 38.1 Å². The van der Waals surface area contributed by atoms with Crippen LogP contribution in [-0.2, 0) is 21.9 Å². The molecule has 3 rings (SSSR count). The molecule has 1 atom stereocenters. The lowest BCUT2D eigenvalue weighted by Gasteiger charge is -2.31. The molecule has 0 radical (unpaired) electrons. The third-order valence-electron chi connectivity index (χ3n) is 6.13. The lowest BCUT2D eigenvalue weighted by molar-refractivity contribution is -0.139. The molecule has 0 unspecified atom stereocenters. The fourth-order valence-electron chi connectivity index (χ4n) is 4.04. The minimum atomic E-state index is -0.546. The zero-order valence-electron chi connectivity index (χ0n) is 19.0. The first-order valence-electron chi connectivity index (χ1n) is 11.4. The van der Waals surface area contributed by atoms with Crippen molar-refractivity contribution in [2.24, 2.45) is 0 Å². The zero-order chi connectivity index (χ0) is 22.9. The van der Waals surface area contributed by atoms with E-state index in [-0.39, 0.29) is 29.4 Å². The number of nitrogens with zero attached hydrogens (tertiary/aromatic N) is 1. The quantitative estimate of drug-likeness (QED) is 0.562. The summed E-state index contributed by atoms with van der Waals surface area (Å²) in [5.41, 5.74) is 3.11. The summed E-state index contributed by atoms with van der Waals surface area (Å²) < 4.78 is 13.1. The Balaban J connectivity index is 1.65. The van der Waals surface area contributed by atoms with Crippen molar-refractivity contribution >= 4 is 23.6 Å². The summed E-state index contributed by atoms with van der Waals surface area (Å²) in [5.74, 6) is 0.475. The normalized spacial score (nSPS) is 15.2. The Morgan fingerprint density at radius 1 is 1.09 bits per heavy atom. The molecule has 2 aromatic rings. The highest BCUT2D eigenvalue weighted by molar-refractivity contribution is 7.99. The summed E-state index contributed by atoms with van der Waals surface area (Å²) in [6.45, 7) is 4.24. The van der Waals surface area contributed by atoms with Crippen LogP contribution < -0.4 is 5.32 Å². The lowest BCUT2D eigenvalue weighted by Crippen LogP contribution is -2.50. The van der Waals surface area contributed by atoms with Crippen LogP contribution in [0.25, 0.3) is 0 Å². The van der Waals surface area contributed by atoms with Crippen molar-refractivity contribution in [3.05, 3.63) is 71.0 Å². The van der Waals surface area contributed by atoms with E-state index in [1.54, 1.807) is 17.0 Å². The average molecular weight is 457 g/mol.